The molecule has 1 saturated heterocycles. The van der Waals surface area contributed by atoms with Crippen molar-refractivity contribution in [1.29, 1.82) is 0 Å². The number of benzene rings is 1. The van der Waals surface area contributed by atoms with Crippen molar-refractivity contribution in [3.63, 3.8) is 0 Å². The molecule has 4 rings (SSSR count). The third kappa shape index (κ3) is 3.76. The first-order chi connectivity index (χ1) is 13.9. The number of pyridine rings is 1. The maximum atomic E-state index is 13.0. The number of primary sulfonamides is 1. The molecule has 0 radical (unpaired) electrons. The number of sulfonamides is 1. The first-order valence-electron chi connectivity index (χ1n) is 9.19. The standard InChI is InChI=1S/C20H19N3O5S/c21-29(26,27)18-3-1-2-14-19(18)17(24)10-15(20(14)25)23-16-11-22-7-4-13(16)12-5-8-28-9-6-12/h1-4,7,11-12H,5-6,8-10H2,(H2,21,26,27). The summed E-state index contributed by atoms with van der Waals surface area (Å²) in [6.07, 6.45) is 4.65. The second-order valence-corrected chi connectivity index (χ2v) is 8.56. The average Bonchev–Trinajstić information content (AvgIpc) is 2.72. The van der Waals surface area contributed by atoms with Crippen LogP contribution in [0, 0.1) is 0 Å². The Kier molecular flexibility index (Phi) is 5.12. The first kappa shape index (κ1) is 19.6. The van der Waals surface area contributed by atoms with Crippen molar-refractivity contribution in [2.75, 3.05) is 13.2 Å². The van der Waals surface area contributed by atoms with E-state index in [0.717, 1.165) is 18.4 Å². The van der Waals surface area contributed by atoms with Gasteiger partial charge in [0.15, 0.2) is 5.78 Å². The van der Waals surface area contributed by atoms with Gasteiger partial charge >= 0.3 is 0 Å². The quantitative estimate of drug-likeness (QED) is 0.821. The molecule has 0 atom stereocenters. The van der Waals surface area contributed by atoms with Crippen LogP contribution in [-0.4, -0.2) is 43.9 Å². The minimum atomic E-state index is -4.13. The minimum absolute atomic E-state index is 0.00281. The zero-order valence-corrected chi connectivity index (χ0v) is 16.3. The van der Waals surface area contributed by atoms with Gasteiger partial charge in [0, 0.05) is 30.5 Å². The first-order valence-corrected chi connectivity index (χ1v) is 10.7. The lowest BCUT2D eigenvalue weighted by Gasteiger charge is -2.24. The van der Waals surface area contributed by atoms with Crippen LogP contribution in [0.15, 0.2) is 46.5 Å². The smallest absolute Gasteiger partial charge is 0.238 e. The molecule has 2 N–H and O–H groups in total. The summed E-state index contributed by atoms with van der Waals surface area (Å²) in [4.78, 5) is 33.9. The molecule has 1 aromatic carbocycles. The van der Waals surface area contributed by atoms with Crippen LogP contribution in [0.4, 0.5) is 5.69 Å². The fraction of sp³-hybridized carbons (Fsp3) is 0.300. The summed E-state index contributed by atoms with van der Waals surface area (Å²) in [7, 11) is -4.13. The number of nitrogens with two attached hydrogens (primary N) is 1. The highest BCUT2D eigenvalue weighted by Gasteiger charge is 2.34. The number of hydrogen-bond donors (Lipinski definition) is 1. The number of aliphatic imine (C=N–C) groups is 1. The van der Waals surface area contributed by atoms with E-state index in [1.807, 2.05) is 6.07 Å². The topological polar surface area (TPSA) is 129 Å². The van der Waals surface area contributed by atoms with Gasteiger partial charge in [0.25, 0.3) is 0 Å². The lowest BCUT2D eigenvalue weighted by molar-refractivity contribution is 0.0854. The second kappa shape index (κ2) is 7.58. The van der Waals surface area contributed by atoms with Crippen molar-refractivity contribution < 1.29 is 22.7 Å². The molecule has 0 bridgehead atoms. The third-order valence-electron chi connectivity index (χ3n) is 5.20. The van der Waals surface area contributed by atoms with E-state index in [-0.39, 0.29) is 34.1 Å². The largest absolute Gasteiger partial charge is 0.381 e. The Morgan fingerprint density at radius 1 is 1.14 bits per heavy atom. The second-order valence-electron chi connectivity index (χ2n) is 7.03. The van der Waals surface area contributed by atoms with Gasteiger partial charge < -0.3 is 4.74 Å². The van der Waals surface area contributed by atoms with Crippen LogP contribution in [0.3, 0.4) is 0 Å². The molecular formula is C20H19N3O5S. The van der Waals surface area contributed by atoms with Crippen LogP contribution in [0.25, 0.3) is 0 Å². The Labute approximate surface area is 167 Å². The Bertz CT molecular complexity index is 1130. The maximum absolute atomic E-state index is 13.0. The summed E-state index contributed by atoms with van der Waals surface area (Å²) >= 11 is 0. The summed E-state index contributed by atoms with van der Waals surface area (Å²) in [5.74, 6) is -0.742. The number of nitrogens with zero attached hydrogens (tertiary/aromatic N) is 2. The predicted octanol–water partition coefficient (Wildman–Crippen LogP) is 2.16. The van der Waals surface area contributed by atoms with E-state index in [4.69, 9.17) is 9.88 Å². The van der Waals surface area contributed by atoms with E-state index >= 15 is 0 Å². The summed E-state index contributed by atoms with van der Waals surface area (Å²) in [5.41, 5.74) is 1.41. The Morgan fingerprint density at radius 2 is 1.90 bits per heavy atom. The molecule has 1 aromatic heterocycles. The Morgan fingerprint density at radius 3 is 2.62 bits per heavy atom. The van der Waals surface area contributed by atoms with Gasteiger partial charge in [-0.3, -0.25) is 14.6 Å². The number of fused-ring (bicyclic) bond motifs is 1. The molecule has 2 aliphatic rings. The van der Waals surface area contributed by atoms with E-state index < -0.39 is 21.6 Å². The van der Waals surface area contributed by atoms with Gasteiger partial charge in [-0.2, -0.15) is 0 Å². The van der Waals surface area contributed by atoms with Gasteiger partial charge in [-0.15, -0.1) is 0 Å². The van der Waals surface area contributed by atoms with E-state index in [2.05, 4.69) is 9.98 Å². The van der Waals surface area contributed by atoms with E-state index in [9.17, 15) is 18.0 Å². The Hall–Kier alpha value is -2.75. The number of carbonyl (C=O) groups is 2. The van der Waals surface area contributed by atoms with Crippen molar-refractivity contribution in [2.24, 2.45) is 10.1 Å². The van der Waals surface area contributed by atoms with Crippen LogP contribution in [-0.2, 0) is 14.8 Å². The number of hydrogen-bond acceptors (Lipinski definition) is 7. The van der Waals surface area contributed by atoms with Crippen LogP contribution >= 0.6 is 0 Å². The summed E-state index contributed by atoms with van der Waals surface area (Å²) in [6, 6.07) is 5.91. The van der Waals surface area contributed by atoms with Crippen LogP contribution in [0.1, 0.15) is 51.5 Å². The molecule has 0 spiro atoms. The fourth-order valence-electron chi connectivity index (χ4n) is 3.80. The molecular weight excluding hydrogens is 394 g/mol. The van der Waals surface area contributed by atoms with Crippen molar-refractivity contribution >= 4 is 33.0 Å². The molecule has 1 aliphatic heterocycles. The summed E-state index contributed by atoms with van der Waals surface area (Å²) in [6.45, 7) is 1.31. The highest BCUT2D eigenvalue weighted by Crippen LogP contribution is 2.34. The van der Waals surface area contributed by atoms with Gasteiger partial charge in [0.1, 0.15) is 0 Å². The molecule has 2 aromatic rings. The maximum Gasteiger partial charge on any atom is 0.238 e. The SMILES string of the molecule is NS(=O)(=O)c1cccc2c1C(=O)CC(=Nc1cnccc1C1CCOCC1)C2=O. The van der Waals surface area contributed by atoms with Gasteiger partial charge in [-0.05, 0) is 36.5 Å². The molecule has 8 nitrogen and oxygen atoms in total. The summed E-state index contributed by atoms with van der Waals surface area (Å²) < 4.78 is 29.0. The van der Waals surface area contributed by atoms with Gasteiger partial charge in [-0.1, -0.05) is 12.1 Å². The number of ether oxygens (including phenoxy) is 1. The van der Waals surface area contributed by atoms with Gasteiger partial charge in [-0.25, -0.2) is 18.5 Å². The van der Waals surface area contributed by atoms with E-state index in [1.165, 1.54) is 18.2 Å². The number of aromatic nitrogens is 1. The molecule has 0 unspecified atom stereocenters. The van der Waals surface area contributed by atoms with Gasteiger partial charge in [0.2, 0.25) is 15.8 Å². The molecule has 0 saturated carbocycles. The van der Waals surface area contributed by atoms with Crippen LogP contribution in [0.2, 0.25) is 0 Å². The molecule has 9 heteroatoms. The summed E-state index contributed by atoms with van der Waals surface area (Å²) in [5, 5.41) is 5.21. The minimum Gasteiger partial charge on any atom is -0.381 e. The van der Waals surface area contributed by atoms with Crippen molar-refractivity contribution in [3.8, 4) is 0 Å². The monoisotopic (exact) mass is 413 g/mol. The Balaban J connectivity index is 1.77. The molecule has 29 heavy (non-hydrogen) atoms. The molecule has 0 amide bonds. The molecule has 2 heterocycles. The molecule has 1 aliphatic carbocycles. The highest BCUT2D eigenvalue weighted by molar-refractivity contribution is 7.89. The highest BCUT2D eigenvalue weighted by atomic mass is 32.2. The fourth-order valence-corrected chi connectivity index (χ4v) is 4.58. The van der Waals surface area contributed by atoms with E-state index in [1.54, 1.807) is 12.4 Å². The number of Topliss-reactive ketones (excluding diaryl/α,β-unsaturated/α-hetero) is 2. The molecule has 1 fully saturated rings. The van der Waals surface area contributed by atoms with Crippen molar-refractivity contribution in [2.45, 2.75) is 30.1 Å². The van der Waals surface area contributed by atoms with E-state index in [0.29, 0.717) is 18.9 Å². The normalized spacial score (nSPS) is 19.4. The van der Waals surface area contributed by atoms with Crippen molar-refractivity contribution in [3.05, 3.63) is 53.3 Å². The number of rotatable bonds is 3. The van der Waals surface area contributed by atoms with Crippen LogP contribution < -0.4 is 5.14 Å². The zero-order chi connectivity index (χ0) is 20.6. The third-order valence-corrected chi connectivity index (χ3v) is 6.15. The van der Waals surface area contributed by atoms with Crippen molar-refractivity contribution in [1.82, 2.24) is 4.98 Å². The number of carbonyl (C=O) groups excluding carboxylic acids is 2. The number of ketones is 2. The zero-order valence-electron chi connectivity index (χ0n) is 15.5. The molecule has 150 valence electrons. The lowest BCUT2D eigenvalue weighted by atomic mass is 9.87. The average molecular weight is 413 g/mol. The van der Waals surface area contributed by atoms with Gasteiger partial charge in [0.05, 0.1) is 28.9 Å². The van der Waals surface area contributed by atoms with Crippen LogP contribution in [0.5, 0.6) is 0 Å². The predicted molar refractivity (Wildman–Crippen MR) is 105 cm³/mol. The lowest BCUT2D eigenvalue weighted by Crippen LogP contribution is -2.30.